The molecule has 0 saturated heterocycles. The fraction of sp³-hybridized carbons (Fsp3) is 0.438. The quantitative estimate of drug-likeness (QED) is 0.855. The van der Waals surface area contributed by atoms with E-state index in [0.29, 0.717) is 21.6 Å². The molecule has 1 saturated carbocycles. The number of H-pyrrole nitrogens is 1. The van der Waals surface area contributed by atoms with Crippen molar-refractivity contribution in [1.82, 2.24) is 10.3 Å². The van der Waals surface area contributed by atoms with Crippen LogP contribution in [0.5, 0.6) is 0 Å². The van der Waals surface area contributed by atoms with Gasteiger partial charge in [-0.1, -0.05) is 18.5 Å². The van der Waals surface area contributed by atoms with Gasteiger partial charge in [-0.3, -0.25) is 4.79 Å². The minimum Gasteiger partial charge on any atom is -0.350 e. The van der Waals surface area contributed by atoms with Gasteiger partial charge in [0.1, 0.15) is 11.5 Å². The number of hydrogen-bond donors (Lipinski definition) is 2. The molecule has 1 fully saturated rings. The summed E-state index contributed by atoms with van der Waals surface area (Å²) >= 11 is 5.82. The Hall–Kier alpha value is -1.55. The summed E-state index contributed by atoms with van der Waals surface area (Å²) in [5.41, 5.74) is 0.923. The molecule has 1 aromatic carbocycles. The Morgan fingerprint density at radius 3 is 2.71 bits per heavy atom. The van der Waals surface area contributed by atoms with Crippen molar-refractivity contribution in [3.63, 3.8) is 0 Å². The first kappa shape index (κ1) is 14.4. The van der Waals surface area contributed by atoms with Gasteiger partial charge in [0.25, 0.3) is 5.91 Å². The van der Waals surface area contributed by atoms with E-state index in [9.17, 15) is 9.18 Å². The van der Waals surface area contributed by atoms with Crippen molar-refractivity contribution in [3.8, 4) is 0 Å². The minimum absolute atomic E-state index is 0.179. The zero-order valence-corrected chi connectivity index (χ0v) is 12.6. The molecule has 21 heavy (non-hydrogen) atoms. The first-order valence-corrected chi connectivity index (χ1v) is 7.69. The molecule has 2 aromatic rings. The van der Waals surface area contributed by atoms with E-state index in [2.05, 4.69) is 17.2 Å². The second kappa shape index (κ2) is 5.68. The highest BCUT2D eigenvalue weighted by atomic mass is 35.5. The van der Waals surface area contributed by atoms with Crippen LogP contribution in [0.3, 0.4) is 0 Å². The number of halogens is 2. The van der Waals surface area contributed by atoms with E-state index in [1.54, 1.807) is 12.1 Å². The van der Waals surface area contributed by atoms with Crippen LogP contribution >= 0.6 is 11.6 Å². The van der Waals surface area contributed by atoms with Gasteiger partial charge < -0.3 is 10.3 Å². The molecular weight excluding hydrogens is 291 g/mol. The summed E-state index contributed by atoms with van der Waals surface area (Å²) in [7, 11) is 0. The van der Waals surface area contributed by atoms with Crippen LogP contribution in [0.4, 0.5) is 4.39 Å². The Balaban J connectivity index is 1.77. The maximum absolute atomic E-state index is 13.8. The number of amides is 1. The van der Waals surface area contributed by atoms with Crippen molar-refractivity contribution in [2.75, 3.05) is 0 Å². The van der Waals surface area contributed by atoms with Gasteiger partial charge in [0.05, 0.1) is 5.52 Å². The molecule has 3 nitrogen and oxygen atoms in total. The van der Waals surface area contributed by atoms with Crippen molar-refractivity contribution >= 4 is 28.4 Å². The van der Waals surface area contributed by atoms with Gasteiger partial charge in [0.2, 0.25) is 0 Å². The zero-order valence-electron chi connectivity index (χ0n) is 11.9. The molecule has 112 valence electrons. The van der Waals surface area contributed by atoms with E-state index >= 15 is 0 Å². The Bertz CT molecular complexity index is 674. The lowest BCUT2D eigenvalue weighted by Gasteiger charge is -2.26. The molecule has 1 amide bonds. The molecule has 0 radical (unpaired) electrons. The smallest absolute Gasteiger partial charge is 0.267 e. The third-order valence-corrected chi connectivity index (χ3v) is 4.47. The van der Waals surface area contributed by atoms with Gasteiger partial charge in [-0.15, -0.1) is 0 Å². The van der Waals surface area contributed by atoms with E-state index in [4.69, 9.17) is 11.6 Å². The van der Waals surface area contributed by atoms with Crippen LogP contribution in [0, 0.1) is 11.7 Å². The van der Waals surface area contributed by atoms with Crippen LogP contribution in [0.25, 0.3) is 10.9 Å². The van der Waals surface area contributed by atoms with Crippen molar-refractivity contribution in [2.24, 2.45) is 5.92 Å². The molecule has 1 aromatic heterocycles. The molecule has 1 aliphatic rings. The van der Waals surface area contributed by atoms with Crippen molar-refractivity contribution in [3.05, 3.63) is 34.7 Å². The summed E-state index contributed by atoms with van der Waals surface area (Å²) in [6, 6.07) is 4.64. The number of nitrogens with one attached hydrogen (secondary N) is 2. The van der Waals surface area contributed by atoms with Crippen LogP contribution in [-0.4, -0.2) is 16.9 Å². The van der Waals surface area contributed by atoms with E-state index in [1.807, 2.05) is 0 Å². The third kappa shape index (κ3) is 3.05. The molecule has 1 aliphatic carbocycles. The molecule has 2 N–H and O–H groups in total. The predicted octanol–water partition coefficient (Wildman–Crippen LogP) is 4.27. The molecular formula is C16H18ClFN2O. The number of hydrogen-bond acceptors (Lipinski definition) is 1. The van der Waals surface area contributed by atoms with Crippen LogP contribution in [0.2, 0.25) is 5.02 Å². The summed E-state index contributed by atoms with van der Waals surface area (Å²) in [4.78, 5) is 15.2. The number of fused-ring (bicyclic) bond motifs is 1. The lowest BCUT2D eigenvalue weighted by atomic mass is 9.87. The molecule has 0 spiro atoms. The summed E-state index contributed by atoms with van der Waals surface area (Å²) in [6.45, 7) is 2.24. The number of aromatic nitrogens is 1. The maximum atomic E-state index is 13.8. The number of carbonyl (C=O) groups is 1. The lowest BCUT2D eigenvalue weighted by Crippen LogP contribution is -2.37. The SMILES string of the molecule is CC1CCC(NC(=O)c2cc3c(F)cc(Cl)cc3[nH]2)CC1. The predicted molar refractivity (Wildman–Crippen MR) is 82.2 cm³/mol. The molecule has 0 unspecified atom stereocenters. The van der Waals surface area contributed by atoms with Gasteiger partial charge in [0, 0.05) is 16.5 Å². The van der Waals surface area contributed by atoms with E-state index < -0.39 is 5.82 Å². The maximum Gasteiger partial charge on any atom is 0.267 e. The van der Waals surface area contributed by atoms with Gasteiger partial charge >= 0.3 is 0 Å². The standard InChI is InChI=1S/C16H18ClFN2O/c1-9-2-4-11(5-3-9)19-16(21)15-8-12-13(18)6-10(17)7-14(12)20-15/h6-9,11,20H,2-5H2,1H3,(H,19,21). The summed E-state index contributed by atoms with van der Waals surface area (Å²) in [5.74, 6) is 0.142. The normalized spacial score (nSPS) is 22.4. The number of rotatable bonds is 2. The highest BCUT2D eigenvalue weighted by Gasteiger charge is 2.21. The second-order valence-electron chi connectivity index (χ2n) is 5.96. The van der Waals surface area contributed by atoms with Gasteiger partial charge in [-0.05, 0) is 49.8 Å². The number of aromatic amines is 1. The van der Waals surface area contributed by atoms with Gasteiger partial charge in [-0.25, -0.2) is 4.39 Å². The highest BCUT2D eigenvalue weighted by Crippen LogP contribution is 2.25. The van der Waals surface area contributed by atoms with E-state index in [0.717, 1.165) is 31.6 Å². The summed E-state index contributed by atoms with van der Waals surface area (Å²) in [5, 5.41) is 3.73. The molecule has 3 rings (SSSR count). The lowest BCUT2D eigenvalue weighted by molar-refractivity contribution is 0.0919. The van der Waals surface area contributed by atoms with Crippen molar-refractivity contribution in [1.29, 1.82) is 0 Å². The number of benzene rings is 1. The minimum atomic E-state index is -0.417. The Morgan fingerprint density at radius 2 is 2.00 bits per heavy atom. The van der Waals surface area contributed by atoms with Crippen molar-refractivity contribution in [2.45, 2.75) is 38.6 Å². The zero-order chi connectivity index (χ0) is 15.0. The fourth-order valence-electron chi connectivity index (χ4n) is 2.95. The van der Waals surface area contributed by atoms with E-state index in [1.165, 1.54) is 6.07 Å². The largest absolute Gasteiger partial charge is 0.350 e. The first-order chi connectivity index (χ1) is 10.0. The molecule has 0 atom stereocenters. The topological polar surface area (TPSA) is 44.9 Å². The first-order valence-electron chi connectivity index (χ1n) is 7.31. The fourth-order valence-corrected chi connectivity index (χ4v) is 3.16. The average Bonchev–Trinajstić information content (AvgIpc) is 2.85. The van der Waals surface area contributed by atoms with Crippen LogP contribution in [0.1, 0.15) is 43.1 Å². The molecule has 0 bridgehead atoms. The van der Waals surface area contributed by atoms with Crippen LogP contribution in [0.15, 0.2) is 18.2 Å². The average molecular weight is 309 g/mol. The Labute approximate surface area is 127 Å². The van der Waals surface area contributed by atoms with Gasteiger partial charge in [0.15, 0.2) is 0 Å². The third-order valence-electron chi connectivity index (χ3n) is 4.25. The Morgan fingerprint density at radius 1 is 1.29 bits per heavy atom. The highest BCUT2D eigenvalue weighted by molar-refractivity contribution is 6.31. The van der Waals surface area contributed by atoms with Crippen molar-refractivity contribution < 1.29 is 9.18 Å². The second-order valence-corrected chi connectivity index (χ2v) is 6.40. The monoisotopic (exact) mass is 308 g/mol. The Kier molecular flexibility index (Phi) is 3.89. The summed E-state index contributed by atoms with van der Waals surface area (Å²) < 4.78 is 13.8. The van der Waals surface area contributed by atoms with Gasteiger partial charge in [-0.2, -0.15) is 0 Å². The molecule has 0 aliphatic heterocycles. The van der Waals surface area contributed by atoms with E-state index in [-0.39, 0.29) is 11.9 Å². The number of carbonyl (C=O) groups excluding carboxylic acids is 1. The van der Waals surface area contributed by atoms with Crippen LogP contribution < -0.4 is 5.32 Å². The van der Waals surface area contributed by atoms with Crippen LogP contribution in [-0.2, 0) is 0 Å². The molecule has 1 heterocycles. The molecule has 5 heteroatoms. The summed E-state index contributed by atoms with van der Waals surface area (Å²) in [6.07, 6.45) is 4.30.